The lowest BCUT2D eigenvalue weighted by atomic mass is 9.96. The van der Waals surface area contributed by atoms with E-state index in [1.54, 1.807) is 39.7 Å². The Morgan fingerprint density at radius 2 is 1.68 bits per heavy atom. The van der Waals surface area contributed by atoms with Gasteiger partial charge in [0.05, 0.1) is 40.0 Å². The normalized spacial score (nSPS) is 16.7. The standard InChI is InChI=1S/C19H20N2O4/c1-23-16-9-13(10-17(24-2)19(16)25-3)12-20-21-15(11-18(21)22)14-7-5-4-6-8-14/h4-10,12,15H,11H2,1-3H3/b20-12+. The van der Waals surface area contributed by atoms with E-state index < -0.39 is 0 Å². The highest BCUT2D eigenvalue weighted by Gasteiger charge is 2.37. The minimum atomic E-state index is -0.0213. The van der Waals surface area contributed by atoms with E-state index in [1.165, 1.54) is 5.01 Å². The number of carbonyl (C=O) groups excluding carboxylic acids is 1. The van der Waals surface area contributed by atoms with Crippen molar-refractivity contribution in [1.29, 1.82) is 0 Å². The van der Waals surface area contributed by atoms with Gasteiger partial charge >= 0.3 is 0 Å². The summed E-state index contributed by atoms with van der Waals surface area (Å²) in [5.41, 5.74) is 1.82. The Kier molecular flexibility index (Phi) is 4.88. The lowest BCUT2D eigenvalue weighted by Crippen LogP contribution is -2.42. The maximum Gasteiger partial charge on any atom is 0.245 e. The van der Waals surface area contributed by atoms with Gasteiger partial charge in [-0.2, -0.15) is 5.10 Å². The van der Waals surface area contributed by atoms with Crippen LogP contribution in [-0.4, -0.2) is 38.5 Å². The Bertz CT molecular complexity index is 764. The summed E-state index contributed by atoms with van der Waals surface area (Å²) < 4.78 is 16.0. The lowest BCUT2D eigenvalue weighted by Gasteiger charge is -2.36. The molecule has 1 saturated heterocycles. The van der Waals surface area contributed by atoms with Crippen molar-refractivity contribution < 1.29 is 19.0 Å². The predicted octanol–water partition coefficient (Wildman–Crippen LogP) is 3.02. The zero-order valence-electron chi connectivity index (χ0n) is 14.4. The van der Waals surface area contributed by atoms with Crippen LogP contribution in [0.1, 0.15) is 23.6 Å². The molecule has 130 valence electrons. The fourth-order valence-electron chi connectivity index (χ4n) is 2.79. The molecule has 1 heterocycles. The predicted molar refractivity (Wildman–Crippen MR) is 94.3 cm³/mol. The van der Waals surface area contributed by atoms with Gasteiger partial charge in [0.2, 0.25) is 11.7 Å². The highest BCUT2D eigenvalue weighted by molar-refractivity contribution is 5.87. The molecule has 6 heteroatoms. The summed E-state index contributed by atoms with van der Waals surface area (Å²) in [4.78, 5) is 11.9. The molecular weight excluding hydrogens is 320 g/mol. The molecule has 25 heavy (non-hydrogen) atoms. The van der Waals surface area contributed by atoms with Crippen molar-refractivity contribution in [2.24, 2.45) is 5.10 Å². The molecule has 0 radical (unpaired) electrons. The topological polar surface area (TPSA) is 60.4 Å². The highest BCUT2D eigenvalue weighted by atomic mass is 16.5. The van der Waals surface area contributed by atoms with E-state index in [9.17, 15) is 4.79 Å². The van der Waals surface area contributed by atoms with E-state index >= 15 is 0 Å². The van der Waals surface area contributed by atoms with Crippen molar-refractivity contribution in [2.75, 3.05) is 21.3 Å². The first-order valence-corrected chi connectivity index (χ1v) is 7.89. The molecule has 0 N–H and O–H groups in total. The highest BCUT2D eigenvalue weighted by Crippen LogP contribution is 2.38. The maximum atomic E-state index is 11.9. The van der Waals surface area contributed by atoms with Crippen molar-refractivity contribution in [1.82, 2.24) is 5.01 Å². The number of hydrazone groups is 1. The third-order valence-corrected chi connectivity index (χ3v) is 4.12. The van der Waals surface area contributed by atoms with Crippen LogP contribution in [0.3, 0.4) is 0 Å². The second-order valence-corrected chi connectivity index (χ2v) is 5.57. The molecule has 0 aromatic heterocycles. The third kappa shape index (κ3) is 3.28. The average Bonchev–Trinajstić information content (AvgIpc) is 2.65. The van der Waals surface area contributed by atoms with E-state index in [-0.39, 0.29) is 11.9 Å². The van der Waals surface area contributed by atoms with Gasteiger partial charge in [0.15, 0.2) is 11.5 Å². The van der Waals surface area contributed by atoms with Crippen molar-refractivity contribution in [3.05, 3.63) is 53.6 Å². The zero-order valence-corrected chi connectivity index (χ0v) is 14.4. The summed E-state index contributed by atoms with van der Waals surface area (Å²) in [5, 5.41) is 5.85. The molecule has 1 aliphatic rings. The molecular formula is C19H20N2O4. The molecule has 3 rings (SSSR count). The fourth-order valence-corrected chi connectivity index (χ4v) is 2.79. The van der Waals surface area contributed by atoms with Crippen LogP contribution in [-0.2, 0) is 4.79 Å². The number of β-lactam (4-membered cyclic amide) rings is 1. The van der Waals surface area contributed by atoms with Crippen LogP contribution in [0.25, 0.3) is 0 Å². The quantitative estimate of drug-likeness (QED) is 0.599. The van der Waals surface area contributed by atoms with E-state index in [1.807, 2.05) is 30.3 Å². The minimum absolute atomic E-state index is 0.00227. The largest absolute Gasteiger partial charge is 0.493 e. The van der Waals surface area contributed by atoms with Gasteiger partial charge < -0.3 is 14.2 Å². The Balaban J connectivity index is 1.85. The molecule has 6 nitrogen and oxygen atoms in total. The first kappa shape index (κ1) is 16.8. The Labute approximate surface area is 146 Å². The molecule has 1 amide bonds. The van der Waals surface area contributed by atoms with Gasteiger partial charge in [0.25, 0.3) is 0 Å². The van der Waals surface area contributed by atoms with Crippen LogP contribution < -0.4 is 14.2 Å². The molecule has 2 aromatic carbocycles. The molecule has 1 unspecified atom stereocenters. The van der Waals surface area contributed by atoms with Crippen molar-refractivity contribution >= 4 is 12.1 Å². The van der Waals surface area contributed by atoms with Crippen LogP contribution >= 0.6 is 0 Å². The number of carbonyl (C=O) groups is 1. The first-order valence-electron chi connectivity index (χ1n) is 7.89. The number of hydrogen-bond acceptors (Lipinski definition) is 5. The average molecular weight is 340 g/mol. The van der Waals surface area contributed by atoms with Gasteiger partial charge in [0.1, 0.15) is 0 Å². The van der Waals surface area contributed by atoms with Crippen LogP contribution in [0.4, 0.5) is 0 Å². The van der Waals surface area contributed by atoms with Crippen molar-refractivity contribution in [3.63, 3.8) is 0 Å². The number of ether oxygens (including phenoxy) is 3. The van der Waals surface area contributed by atoms with Gasteiger partial charge in [-0.15, -0.1) is 0 Å². The first-order chi connectivity index (χ1) is 12.2. The number of benzene rings is 2. The van der Waals surface area contributed by atoms with E-state index in [0.29, 0.717) is 23.7 Å². The number of amides is 1. The lowest BCUT2D eigenvalue weighted by molar-refractivity contribution is -0.146. The van der Waals surface area contributed by atoms with Crippen LogP contribution in [0.15, 0.2) is 47.6 Å². The summed E-state index contributed by atoms with van der Waals surface area (Å²) in [6.45, 7) is 0. The van der Waals surface area contributed by atoms with Gasteiger partial charge in [0, 0.05) is 5.56 Å². The smallest absolute Gasteiger partial charge is 0.245 e. The number of nitrogens with zero attached hydrogens (tertiary/aromatic N) is 2. The second-order valence-electron chi connectivity index (χ2n) is 5.57. The summed E-state index contributed by atoms with van der Waals surface area (Å²) in [6.07, 6.45) is 2.09. The third-order valence-electron chi connectivity index (χ3n) is 4.12. The van der Waals surface area contributed by atoms with E-state index in [4.69, 9.17) is 14.2 Å². The summed E-state index contributed by atoms with van der Waals surface area (Å²) >= 11 is 0. The second kappa shape index (κ2) is 7.25. The summed E-state index contributed by atoms with van der Waals surface area (Å²) in [6, 6.07) is 13.4. The molecule has 0 spiro atoms. The molecule has 0 saturated carbocycles. The maximum absolute atomic E-state index is 11.9. The Hall–Kier alpha value is -3.02. The van der Waals surface area contributed by atoms with Crippen molar-refractivity contribution in [2.45, 2.75) is 12.5 Å². The zero-order chi connectivity index (χ0) is 17.8. The fraction of sp³-hybridized carbons (Fsp3) is 0.263. The van der Waals surface area contributed by atoms with E-state index in [2.05, 4.69) is 5.10 Å². The molecule has 1 fully saturated rings. The Morgan fingerprint density at radius 1 is 1.04 bits per heavy atom. The molecule has 0 bridgehead atoms. The van der Waals surface area contributed by atoms with Gasteiger partial charge in [-0.25, -0.2) is 5.01 Å². The number of rotatable bonds is 6. The van der Waals surface area contributed by atoms with Gasteiger partial charge in [-0.1, -0.05) is 30.3 Å². The van der Waals surface area contributed by atoms with Crippen LogP contribution in [0, 0.1) is 0 Å². The molecule has 0 aliphatic carbocycles. The van der Waals surface area contributed by atoms with E-state index in [0.717, 1.165) is 11.1 Å². The molecule has 1 atom stereocenters. The summed E-state index contributed by atoms with van der Waals surface area (Å²) in [7, 11) is 4.67. The van der Waals surface area contributed by atoms with Crippen molar-refractivity contribution in [3.8, 4) is 17.2 Å². The minimum Gasteiger partial charge on any atom is -0.493 e. The summed E-state index contributed by atoms with van der Waals surface area (Å²) in [5.74, 6) is 1.59. The number of hydrogen-bond donors (Lipinski definition) is 0. The monoisotopic (exact) mass is 340 g/mol. The Morgan fingerprint density at radius 3 is 2.20 bits per heavy atom. The van der Waals surface area contributed by atoms with Gasteiger partial charge in [-0.05, 0) is 17.7 Å². The van der Waals surface area contributed by atoms with Crippen LogP contribution in [0.2, 0.25) is 0 Å². The number of methoxy groups -OCH3 is 3. The SMILES string of the molecule is COc1cc(/C=N/N2C(=O)CC2c2ccccc2)cc(OC)c1OC. The van der Waals surface area contributed by atoms with Gasteiger partial charge in [-0.3, -0.25) is 4.79 Å². The molecule has 1 aliphatic heterocycles. The van der Waals surface area contributed by atoms with Crippen LogP contribution in [0.5, 0.6) is 17.2 Å². The molecule has 2 aromatic rings.